The highest BCUT2D eigenvalue weighted by Gasteiger charge is 2.35. The van der Waals surface area contributed by atoms with Crippen molar-refractivity contribution in [1.82, 2.24) is 5.32 Å². The van der Waals surface area contributed by atoms with E-state index in [0.29, 0.717) is 6.07 Å². The lowest BCUT2D eigenvalue weighted by Crippen LogP contribution is -2.40. The van der Waals surface area contributed by atoms with Gasteiger partial charge in [0.05, 0.1) is 28.9 Å². The number of hydrogen-bond donors (Lipinski definition) is 3. The number of hydrogen-bond acceptors (Lipinski definition) is 3. The maximum Gasteiger partial charge on any atom is 0.418 e. The van der Waals surface area contributed by atoms with Crippen LogP contribution in [0.15, 0.2) is 12.1 Å². The van der Waals surface area contributed by atoms with Crippen molar-refractivity contribution in [1.29, 1.82) is 0 Å². The van der Waals surface area contributed by atoms with Crippen molar-refractivity contribution in [3.05, 3.63) is 28.3 Å². The molecule has 4 N–H and O–H groups in total. The van der Waals surface area contributed by atoms with Crippen LogP contribution in [-0.4, -0.2) is 17.3 Å². The van der Waals surface area contributed by atoms with Crippen LogP contribution in [0.3, 0.4) is 0 Å². The molecule has 0 aromatic heterocycles. The highest BCUT2D eigenvalue weighted by Crippen LogP contribution is 2.39. The maximum atomic E-state index is 13.2. The quantitative estimate of drug-likeness (QED) is 0.723. The molecule has 1 atom stereocenters. The van der Waals surface area contributed by atoms with Gasteiger partial charge in [0.2, 0.25) is 0 Å². The molecule has 122 valence electrons. The van der Waals surface area contributed by atoms with E-state index in [1.54, 1.807) is 0 Å². The molecule has 0 spiro atoms. The summed E-state index contributed by atoms with van der Waals surface area (Å²) in [5, 5.41) is 10.9. The van der Waals surface area contributed by atoms with Crippen molar-refractivity contribution in [2.24, 2.45) is 0 Å². The van der Waals surface area contributed by atoms with Gasteiger partial charge < -0.3 is 16.2 Å². The third kappa shape index (κ3) is 5.54. The van der Waals surface area contributed by atoms with Gasteiger partial charge in [0.25, 0.3) is 0 Å². The first kappa shape index (κ1) is 9.45. The topological polar surface area (TPSA) is 58.3 Å². The summed E-state index contributed by atoms with van der Waals surface area (Å²) in [7, 11) is 0. The number of anilines is 1. The van der Waals surface area contributed by atoms with Gasteiger partial charge in [-0.05, 0) is 38.3 Å². The Morgan fingerprint density at radius 3 is 2.38 bits per heavy atom. The summed E-state index contributed by atoms with van der Waals surface area (Å²) < 4.78 is 107. The average molecular weight is 356 g/mol. The first-order chi connectivity index (χ1) is 12.7. The normalized spacial score (nSPS) is 21.9. The van der Waals surface area contributed by atoms with E-state index in [1.165, 1.54) is 0 Å². The van der Waals surface area contributed by atoms with E-state index in [-0.39, 0.29) is 12.4 Å². The molecule has 0 saturated carbocycles. The molecule has 0 aliphatic carbocycles. The van der Waals surface area contributed by atoms with Gasteiger partial charge in [-0.15, -0.1) is 12.4 Å². The van der Waals surface area contributed by atoms with Crippen LogP contribution >= 0.6 is 24.0 Å². The monoisotopic (exact) mass is 355 g/mol. The highest BCUT2D eigenvalue weighted by molar-refractivity contribution is 6.33. The van der Waals surface area contributed by atoms with E-state index in [0.717, 1.165) is 6.07 Å². The maximum absolute atomic E-state index is 13.2. The molecule has 1 rings (SSSR count). The van der Waals surface area contributed by atoms with Crippen LogP contribution < -0.4 is 11.1 Å². The van der Waals surface area contributed by atoms with Gasteiger partial charge in [-0.1, -0.05) is 11.6 Å². The number of nitrogen functional groups attached to an aromatic ring is 1. The lowest BCUT2D eigenvalue weighted by atomic mass is 9.99. The zero-order valence-electron chi connectivity index (χ0n) is 19.4. The number of aliphatic hydroxyl groups is 1. The number of benzene rings is 1. The first-order valence-electron chi connectivity index (χ1n) is 9.75. The lowest BCUT2D eigenvalue weighted by Gasteiger charge is -2.28. The second-order valence-electron chi connectivity index (χ2n) is 4.09. The number of rotatable bonds is 3. The van der Waals surface area contributed by atoms with Crippen molar-refractivity contribution in [2.45, 2.75) is 38.3 Å². The molecule has 8 heteroatoms. The van der Waals surface area contributed by atoms with Crippen molar-refractivity contribution >= 4 is 29.7 Å². The minimum Gasteiger partial charge on any atom is -0.397 e. The number of nitrogens with one attached hydrogen (secondary N) is 1. The summed E-state index contributed by atoms with van der Waals surface area (Å²) in [5.74, 6) is 0. The van der Waals surface area contributed by atoms with E-state index in [9.17, 15) is 18.3 Å². The Kier molecular flexibility index (Phi) is 3.17. The molecule has 0 bridgehead atoms. The van der Waals surface area contributed by atoms with Crippen LogP contribution in [-0.2, 0) is 6.18 Å². The fraction of sp³-hybridized carbons (Fsp3) is 0.538. The van der Waals surface area contributed by atoms with Crippen LogP contribution in [0.5, 0.6) is 0 Å². The Bertz CT molecular complexity index is 716. The molecule has 1 aromatic carbocycles. The Balaban J connectivity index is 0.00000841. The van der Waals surface area contributed by atoms with Crippen molar-refractivity contribution in [3.63, 3.8) is 0 Å². The van der Waals surface area contributed by atoms with Gasteiger partial charge in [0.1, 0.15) is 0 Å². The molecule has 1 aromatic rings. The zero-order chi connectivity index (χ0) is 23.2. The summed E-state index contributed by atoms with van der Waals surface area (Å²) >= 11 is 5.70. The molecule has 0 heterocycles. The molecule has 21 heavy (non-hydrogen) atoms. The first-order valence-corrected chi connectivity index (χ1v) is 5.63. The largest absolute Gasteiger partial charge is 0.418 e. The van der Waals surface area contributed by atoms with Gasteiger partial charge in [-0.25, -0.2) is 0 Å². The smallest absolute Gasteiger partial charge is 0.397 e. The SMILES string of the molecule is Cl.[2H]C([2H])([2H])C(NC(CO)c1cc(Cl)c(N)c(C(F)(F)F)c1)(C([2H])([2H])[2H])C([2H])([2H])[2H]. The Morgan fingerprint density at radius 1 is 1.38 bits per heavy atom. The number of aliphatic hydroxyl groups excluding tert-OH is 1. The second-order valence-corrected chi connectivity index (χ2v) is 4.50. The van der Waals surface area contributed by atoms with Gasteiger partial charge in [0, 0.05) is 17.9 Å². The van der Waals surface area contributed by atoms with Crippen molar-refractivity contribution in [2.75, 3.05) is 12.3 Å². The third-order valence-corrected chi connectivity index (χ3v) is 2.75. The van der Waals surface area contributed by atoms with Crippen LogP contribution in [0.25, 0.3) is 0 Å². The molecule has 0 aliphatic heterocycles. The van der Waals surface area contributed by atoms with E-state index in [2.05, 4.69) is 0 Å². The fourth-order valence-electron chi connectivity index (χ4n) is 1.57. The van der Waals surface area contributed by atoms with Crippen molar-refractivity contribution in [3.8, 4) is 0 Å². The number of halogens is 5. The minimum absolute atomic E-state index is 0. The number of alkyl halides is 3. The molecule has 0 aliphatic rings. The fourth-order valence-corrected chi connectivity index (χ4v) is 1.80. The van der Waals surface area contributed by atoms with E-state index >= 15 is 0 Å². The van der Waals surface area contributed by atoms with E-state index < -0.39 is 66.8 Å². The molecular weight excluding hydrogens is 328 g/mol. The summed E-state index contributed by atoms with van der Waals surface area (Å²) in [6.07, 6.45) is -4.97. The predicted molar refractivity (Wildman–Crippen MR) is 80.8 cm³/mol. The highest BCUT2D eigenvalue weighted by atomic mass is 35.5. The van der Waals surface area contributed by atoms with Gasteiger partial charge in [0.15, 0.2) is 0 Å². The lowest BCUT2D eigenvalue weighted by molar-refractivity contribution is -0.137. The van der Waals surface area contributed by atoms with Gasteiger partial charge in [-0.3, -0.25) is 0 Å². The molecule has 0 saturated heterocycles. The van der Waals surface area contributed by atoms with Gasteiger partial charge in [-0.2, -0.15) is 13.2 Å². The van der Waals surface area contributed by atoms with E-state index in [4.69, 9.17) is 29.7 Å². The zero-order valence-corrected chi connectivity index (χ0v) is 12.0. The Morgan fingerprint density at radius 2 is 1.95 bits per heavy atom. The standard InChI is InChI=1S/C13H18ClF3N2O.ClH/c1-12(2,3)19-10(6-20)7-4-8(13(15,16)17)11(18)9(14)5-7;/h4-5,10,19-20H,6,18H2,1-3H3;1H/i1D3,2D3,3D3;. The molecule has 0 amide bonds. The second kappa shape index (κ2) is 7.05. The molecular formula is C13H19Cl2F3N2O. The van der Waals surface area contributed by atoms with Crippen LogP contribution in [0, 0.1) is 0 Å². The summed E-state index contributed by atoms with van der Waals surface area (Å²) in [4.78, 5) is 0. The predicted octanol–water partition coefficient (Wildman–Crippen LogP) is 3.78. The number of nitrogens with two attached hydrogens (primary N) is 1. The van der Waals surface area contributed by atoms with Crippen LogP contribution in [0.2, 0.25) is 5.02 Å². The van der Waals surface area contributed by atoms with Crippen LogP contribution in [0.1, 0.15) is 50.1 Å². The van der Waals surface area contributed by atoms with Crippen molar-refractivity contribution < 1.29 is 30.6 Å². The third-order valence-electron chi connectivity index (χ3n) is 2.43. The van der Waals surface area contributed by atoms with E-state index in [1.807, 2.05) is 5.32 Å². The molecule has 3 nitrogen and oxygen atoms in total. The Hall–Kier alpha value is -0.690. The molecule has 1 unspecified atom stereocenters. The van der Waals surface area contributed by atoms with Gasteiger partial charge >= 0.3 is 6.18 Å². The van der Waals surface area contributed by atoms with Crippen LogP contribution in [0.4, 0.5) is 18.9 Å². The average Bonchev–Trinajstić information content (AvgIpc) is 2.45. The Labute approximate surface area is 145 Å². The minimum atomic E-state index is -4.97. The summed E-state index contributed by atoms with van der Waals surface area (Å²) in [5.41, 5.74) is -1.01. The summed E-state index contributed by atoms with van der Waals surface area (Å²) in [6.45, 7) is -12.1. The molecule has 0 fully saturated rings. The molecule has 0 radical (unpaired) electrons. The summed E-state index contributed by atoms with van der Waals surface area (Å²) in [6, 6.07) is -0.558.